The molecule has 0 saturated heterocycles. The fourth-order valence-corrected chi connectivity index (χ4v) is 5.74. The van der Waals surface area contributed by atoms with Crippen molar-refractivity contribution in [2.24, 2.45) is 0 Å². The molecule has 3 nitrogen and oxygen atoms in total. The van der Waals surface area contributed by atoms with Gasteiger partial charge in [0.1, 0.15) is 0 Å². The van der Waals surface area contributed by atoms with Gasteiger partial charge in [0, 0.05) is 39.7 Å². The molecular weight excluding hydrogens is 424 g/mol. The van der Waals surface area contributed by atoms with Crippen LogP contribution in [0, 0.1) is 0 Å². The molecule has 3 aromatic carbocycles. The Bertz CT molecular complexity index is 1390. The summed E-state index contributed by atoms with van der Waals surface area (Å²) in [6.07, 6.45) is 5.31. The van der Waals surface area contributed by atoms with Crippen LogP contribution in [0.25, 0.3) is 16.5 Å². The van der Waals surface area contributed by atoms with Crippen molar-refractivity contribution in [2.45, 2.75) is 29.7 Å². The lowest BCUT2D eigenvalue weighted by Crippen LogP contribution is -2.29. The molecule has 33 heavy (non-hydrogen) atoms. The van der Waals surface area contributed by atoms with E-state index in [0.29, 0.717) is 6.42 Å². The van der Waals surface area contributed by atoms with E-state index in [1.165, 1.54) is 16.0 Å². The highest BCUT2D eigenvalue weighted by molar-refractivity contribution is 7.98. The quantitative estimate of drug-likeness (QED) is 0.342. The molecule has 162 valence electrons. The molecular formula is C29H24N2OS. The van der Waals surface area contributed by atoms with Gasteiger partial charge in [0.15, 0.2) is 5.78 Å². The van der Waals surface area contributed by atoms with Gasteiger partial charge in [-0.2, -0.15) is 0 Å². The van der Waals surface area contributed by atoms with Crippen LogP contribution in [-0.2, 0) is 4.79 Å². The number of pyridine rings is 1. The number of carbonyl (C=O) groups is 1. The minimum absolute atomic E-state index is 0.137. The topological polar surface area (TPSA) is 42.0 Å². The number of benzene rings is 3. The fraction of sp³-hybridized carbons (Fsp3) is 0.172. The van der Waals surface area contributed by atoms with E-state index < -0.39 is 0 Å². The Morgan fingerprint density at radius 2 is 1.70 bits per heavy atom. The van der Waals surface area contributed by atoms with Gasteiger partial charge in [0.25, 0.3) is 0 Å². The maximum Gasteiger partial charge on any atom is 0.162 e. The molecule has 2 heterocycles. The summed E-state index contributed by atoms with van der Waals surface area (Å²) >= 11 is 1.73. The molecule has 1 N–H and O–H groups in total. The summed E-state index contributed by atoms with van der Waals surface area (Å²) in [5.74, 6) is 0.429. The standard InChI is InChI=1S/C29H24N2OS/c1-33-21-11-9-19(10-12-21)29-28-23(16-20(17-26(28)32)18-6-3-2-4-7-18)27-22-8-5-15-30-24(22)13-14-25(27)31-29/h2-15,20,29,31H,16-17H2,1H3/t20-,29-/m1/s1. The van der Waals surface area contributed by atoms with E-state index >= 15 is 0 Å². The first-order valence-corrected chi connectivity index (χ1v) is 12.5. The van der Waals surface area contributed by atoms with Crippen LogP contribution in [0.3, 0.4) is 0 Å². The molecule has 0 saturated carbocycles. The molecule has 2 aliphatic rings. The minimum atomic E-state index is -0.137. The fourth-order valence-electron chi connectivity index (χ4n) is 5.34. The van der Waals surface area contributed by atoms with Crippen molar-refractivity contribution in [2.75, 3.05) is 11.6 Å². The van der Waals surface area contributed by atoms with Gasteiger partial charge >= 0.3 is 0 Å². The summed E-state index contributed by atoms with van der Waals surface area (Å²) in [6.45, 7) is 0. The smallest absolute Gasteiger partial charge is 0.162 e. The average Bonchev–Trinajstić information content (AvgIpc) is 2.88. The van der Waals surface area contributed by atoms with Crippen molar-refractivity contribution >= 4 is 39.7 Å². The highest BCUT2D eigenvalue weighted by atomic mass is 32.2. The molecule has 0 unspecified atom stereocenters. The number of aromatic nitrogens is 1. The molecule has 0 bridgehead atoms. The number of Topliss-reactive ketones (excluding diaryl/α,β-unsaturated/α-hetero) is 1. The number of fused-ring (bicyclic) bond motifs is 4. The predicted octanol–water partition coefficient (Wildman–Crippen LogP) is 7.02. The van der Waals surface area contributed by atoms with Gasteiger partial charge in [0.2, 0.25) is 0 Å². The predicted molar refractivity (Wildman–Crippen MR) is 137 cm³/mol. The first kappa shape index (κ1) is 20.3. The number of hydrogen-bond acceptors (Lipinski definition) is 4. The molecule has 0 amide bonds. The van der Waals surface area contributed by atoms with Gasteiger partial charge < -0.3 is 5.32 Å². The number of nitrogens with zero attached hydrogens (tertiary/aromatic N) is 1. The van der Waals surface area contributed by atoms with Crippen molar-refractivity contribution < 1.29 is 4.79 Å². The zero-order valence-corrected chi connectivity index (χ0v) is 19.2. The van der Waals surface area contributed by atoms with Crippen LogP contribution in [0.2, 0.25) is 0 Å². The maximum absolute atomic E-state index is 13.7. The summed E-state index contributed by atoms with van der Waals surface area (Å²) in [4.78, 5) is 19.6. The summed E-state index contributed by atoms with van der Waals surface area (Å²) in [6, 6.07) is 27.2. The van der Waals surface area contributed by atoms with E-state index in [9.17, 15) is 4.79 Å². The Morgan fingerprint density at radius 3 is 2.48 bits per heavy atom. The largest absolute Gasteiger partial charge is 0.373 e. The third-order valence-electron chi connectivity index (χ3n) is 6.90. The van der Waals surface area contributed by atoms with E-state index in [1.54, 1.807) is 11.8 Å². The lowest BCUT2D eigenvalue weighted by atomic mass is 9.72. The molecule has 2 atom stereocenters. The highest BCUT2D eigenvalue weighted by Crippen LogP contribution is 2.50. The molecule has 0 spiro atoms. The second-order valence-electron chi connectivity index (χ2n) is 8.74. The van der Waals surface area contributed by atoms with Crippen molar-refractivity contribution in [1.82, 2.24) is 4.98 Å². The highest BCUT2D eigenvalue weighted by Gasteiger charge is 2.38. The number of thioether (sulfide) groups is 1. The van der Waals surface area contributed by atoms with Gasteiger partial charge in [-0.15, -0.1) is 11.8 Å². The first-order valence-electron chi connectivity index (χ1n) is 11.3. The number of carbonyl (C=O) groups excluding carboxylic acids is 1. The Labute approximate surface area is 197 Å². The van der Waals surface area contributed by atoms with E-state index in [0.717, 1.165) is 39.7 Å². The van der Waals surface area contributed by atoms with Gasteiger partial charge in [-0.3, -0.25) is 9.78 Å². The summed E-state index contributed by atoms with van der Waals surface area (Å²) < 4.78 is 0. The third kappa shape index (κ3) is 3.46. The number of ketones is 1. The van der Waals surface area contributed by atoms with E-state index in [2.05, 4.69) is 83.3 Å². The van der Waals surface area contributed by atoms with Crippen molar-refractivity contribution in [3.63, 3.8) is 0 Å². The zero-order valence-electron chi connectivity index (χ0n) is 18.4. The summed E-state index contributed by atoms with van der Waals surface area (Å²) in [5.41, 5.74) is 7.63. The molecule has 4 heteroatoms. The van der Waals surface area contributed by atoms with Gasteiger partial charge in [0.05, 0.1) is 11.6 Å². The van der Waals surface area contributed by atoms with Crippen molar-refractivity contribution in [1.29, 1.82) is 0 Å². The van der Waals surface area contributed by atoms with Crippen LogP contribution in [0.1, 0.15) is 41.5 Å². The molecule has 0 fully saturated rings. The monoisotopic (exact) mass is 448 g/mol. The average molecular weight is 449 g/mol. The summed E-state index contributed by atoms with van der Waals surface area (Å²) in [5, 5.41) is 4.82. The molecule has 6 rings (SSSR count). The summed E-state index contributed by atoms with van der Waals surface area (Å²) in [7, 11) is 0. The first-order chi connectivity index (χ1) is 16.2. The molecule has 0 radical (unpaired) electrons. The van der Waals surface area contributed by atoms with Crippen molar-refractivity contribution in [3.8, 4) is 0 Å². The SMILES string of the molecule is CSc1ccc([C@H]2Nc3ccc4ncccc4c3C3=C2C(=O)C[C@H](c2ccccc2)C3)cc1. The van der Waals surface area contributed by atoms with Crippen LogP contribution in [0.4, 0.5) is 5.69 Å². The minimum Gasteiger partial charge on any atom is -0.373 e. The number of rotatable bonds is 3. The Kier molecular flexibility index (Phi) is 5.03. The van der Waals surface area contributed by atoms with E-state index in [4.69, 9.17) is 0 Å². The van der Waals surface area contributed by atoms with E-state index in [-0.39, 0.29) is 17.7 Å². The second-order valence-corrected chi connectivity index (χ2v) is 9.62. The second kappa shape index (κ2) is 8.20. The lowest BCUT2D eigenvalue weighted by molar-refractivity contribution is -0.116. The maximum atomic E-state index is 13.7. The molecule has 1 aliphatic carbocycles. The zero-order chi connectivity index (χ0) is 22.4. The normalized spacial score (nSPS) is 19.7. The number of anilines is 1. The Hall–Kier alpha value is -3.37. The number of allylic oxidation sites excluding steroid dienone is 1. The van der Waals surface area contributed by atoms with Gasteiger partial charge in [-0.1, -0.05) is 48.5 Å². The van der Waals surface area contributed by atoms with Gasteiger partial charge in [-0.25, -0.2) is 0 Å². The van der Waals surface area contributed by atoms with Crippen LogP contribution >= 0.6 is 11.8 Å². The van der Waals surface area contributed by atoms with Crippen LogP contribution in [0.15, 0.2) is 95.5 Å². The molecule has 4 aromatic rings. The number of hydrogen-bond donors (Lipinski definition) is 1. The van der Waals surface area contributed by atoms with Gasteiger partial charge in [-0.05, 0) is 65.6 Å². The Morgan fingerprint density at radius 1 is 0.879 bits per heavy atom. The Balaban J connectivity index is 1.56. The van der Waals surface area contributed by atoms with Crippen molar-refractivity contribution in [3.05, 3.63) is 107 Å². The third-order valence-corrected chi connectivity index (χ3v) is 7.65. The lowest BCUT2D eigenvalue weighted by Gasteiger charge is -2.37. The molecule has 1 aromatic heterocycles. The number of nitrogens with one attached hydrogen (secondary N) is 1. The van der Waals surface area contributed by atoms with Crippen LogP contribution < -0.4 is 5.32 Å². The van der Waals surface area contributed by atoms with Crippen LogP contribution in [0.5, 0.6) is 0 Å². The van der Waals surface area contributed by atoms with E-state index in [1.807, 2.05) is 18.3 Å². The van der Waals surface area contributed by atoms with Crippen LogP contribution in [-0.4, -0.2) is 17.0 Å². The molecule has 1 aliphatic heterocycles.